The van der Waals surface area contributed by atoms with Crippen molar-refractivity contribution in [2.75, 3.05) is 0 Å². The lowest BCUT2D eigenvalue weighted by atomic mass is 9.95. The summed E-state index contributed by atoms with van der Waals surface area (Å²) in [5, 5.41) is 1.77. The van der Waals surface area contributed by atoms with E-state index in [-0.39, 0.29) is 21.0 Å². The van der Waals surface area contributed by atoms with Gasteiger partial charge in [0.25, 0.3) is 0 Å². The second-order valence-electron chi connectivity index (χ2n) is 5.96. The van der Waals surface area contributed by atoms with Crippen LogP contribution in [0.5, 0.6) is 0 Å². The standard InChI is InChI=1S/C19H12ClNO4S/c20-14-6-3-7-15-16(14)19(23)17(21-26(15,24)25)18(22)13-9-8-11-4-1-2-5-12(11)10-13/h1-10,17,21H. The molecule has 0 aliphatic carbocycles. The van der Waals surface area contributed by atoms with Crippen LogP contribution >= 0.6 is 11.6 Å². The molecule has 0 saturated heterocycles. The average molecular weight is 386 g/mol. The number of halogens is 1. The Hall–Kier alpha value is -2.54. The maximum Gasteiger partial charge on any atom is 0.242 e. The van der Waals surface area contributed by atoms with Crippen LogP contribution in [-0.4, -0.2) is 26.0 Å². The van der Waals surface area contributed by atoms with Crippen LogP contribution in [0.2, 0.25) is 5.02 Å². The predicted molar refractivity (Wildman–Crippen MR) is 98.2 cm³/mol. The van der Waals surface area contributed by atoms with Crippen molar-refractivity contribution in [1.29, 1.82) is 0 Å². The molecule has 1 N–H and O–H groups in total. The van der Waals surface area contributed by atoms with Crippen molar-refractivity contribution >= 4 is 44.0 Å². The van der Waals surface area contributed by atoms with E-state index in [1.54, 1.807) is 18.2 Å². The van der Waals surface area contributed by atoms with Crippen LogP contribution in [0.15, 0.2) is 65.6 Å². The highest BCUT2D eigenvalue weighted by Gasteiger charge is 2.41. The highest BCUT2D eigenvalue weighted by Crippen LogP contribution is 2.30. The Labute approximate surface area is 154 Å². The van der Waals surface area contributed by atoms with Gasteiger partial charge in [-0.3, -0.25) is 9.59 Å². The van der Waals surface area contributed by atoms with E-state index < -0.39 is 27.6 Å². The van der Waals surface area contributed by atoms with Gasteiger partial charge < -0.3 is 0 Å². The summed E-state index contributed by atoms with van der Waals surface area (Å²) in [4.78, 5) is 25.4. The molecule has 0 spiro atoms. The van der Waals surface area contributed by atoms with E-state index in [9.17, 15) is 18.0 Å². The van der Waals surface area contributed by atoms with Gasteiger partial charge in [-0.05, 0) is 29.0 Å². The SMILES string of the molecule is O=C(c1ccc2ccccc2c1)C1NS(=O)(=O)c2cccc(Cl)c2C1=O. The number of benzene rings is 3. The molecule has 130 valence electrons. The van der Waals surface area contributed by atoms with Crippen molar-refractivity contribution in [3.63, 3.8) is 0 Å². The van der Waals surface area contributed by atoms with Gasteiger partial charge in [0, 0.05) is 5.56 Å². The van der Waals surface area contributed by atoms with E-state index in [0.29, 0.717) is 0 Å². The highest BCUT2D eigenvalue weighted by atomic mass is 35.5. The summed E-state index contributed by atoms with van der Waals surface area (Å²) in [6, 6.07) is 15.0. The zero-order valence-electron chi connectivity index (χ0n) is 13.3. The number of carbonyl (C=O) groups is 2. The van der Waals surface area contributed by atoms with Crippen LogP contribution in [0.1, 0.15) is 20.7 Å². The van der Waals surface area contributed by atoms with E-state index in [2.05, 4.69) is 4.72 Å². The van der Waals surface area contributed by atoms with Crippen molar-refractivity contribution in [2.45, 2.75) is 10.9 Å². The van der Waals surface area contributed by atoms with Gasteiger partial charge in [0.2, 0.25) is 10.0 Å². The molecule has 4 rings (SSSR count). The van der Waals surface area contributed by atoms with Crippen molar-refractivity contribution in [1.82, 2.24) is 4.72 Å². The second-order valence-corrected chi connectivity index (χ2v) is 8.05. The van der Waals surface area contributed by atoms with E-state index in [0.717, 1.165) is 10.8 Å². The number of Topliss-reactive ketones (excluding diaryl/α,β-unsaturated/α-hetero) is 2. The van der Waals surface area contributed by atoms with E-state index in [1.165, 1.54) is 18.2 Å². The maximum absolute atomic E-state index is 12.9. The predicted octanol–water partition coefficient (Wildman–Crippen LogP) is 3.22. The van der Waals surface area contributed by atoms with Crippen molar-refractivity contribution < 1.29 is 18.0 Å². The van der Waals surface area contributed by atoms with Gasteiger partial charge in [-0.15, -0.1) is 0 Å². The number of fused-ring (bicyclic) bond motifs is 2. The van der Waals surface area contributed by atoms with Gasteiger partial charge in [0.15, 0.2) is 11.6 Å². The minimum absolute atomic E-state index is 0.00823. The summed E-state index contributed by atoms with van der Waals surface area (Å²) in [5.41, 5.74) is 0.104. The zero-order chi connectivity index (χ0) is 18.5. The molecule has 7 heteroatoms. The number of hydrogen-bond acceptors (Lipinski definition) is 4. The maximum atomic E-state index is 12.9. The lowest BCUT2D eigenvalue weighted by Gasteiger charge is -2.24. The fraction of sp³-hybridized carbons (Fsp3) is 0.0526. The normalized spacial score (nSPS) is 18.5. The lowest BCUT2D eigenvalue weighted by molar-refractivity contribution is 0.0847. The fourth-order valence-corrected chi connectivity index (χ4v) is 4.78. The summed E-state index contributed by atoms with van der Waals surface area (Å²) in [6.07, 6.45) is 0. The first-order valence-corrected chi connectivity index (χ1v) is 9.63. The third kappa shape index (κ3) is 2.63. The number of rotatable bonds is 2. The molecule has 0 radical (unpaired) electrons. The van der Waals surface area contributed by atoms with Crippen molar-refractivity contribution in [3.8, 4) is 0 Å². The van der Waals surface area contributed by atoms with Gasteiger partial charge in [0.1, 0.15) is 6.04 Å². The molecule has 0 fully saturated rings. The highest BCUT2D eigenvalue weighted by molar-refractivity contribution is 7.89. The van der Waals surface area contributed by atoms with Crippen LogP contribution in [0.4, 0.5) is 0 Å². The van der Waals surface area contributed by atoms with Crippen LogP contribution in [0.25, 0.3) is 10.8 Å². The molecule has 3 aromatic carbocycles. The van der Waals surface area contributed by atoms with Crippen LogP contribution < -0.4 is 4.72 Å². The molecule has 1 atom stereocenters. The largest absolute Gasteiger partial charge is 0.292 e. The quantitative estimate of drug-likeness (QED) is 0.542. The minimum atomic E-state index is -4.02. The van der Waals surface area contributed by atoms with Crippen molar-refractivity contribution in [3.05, 3.63) is 76.8 Å². The summed E-state index contributed by atoms with van der Waals surface area (Å²) in [6.45, 7) is 0. The lowest BCUT2D eigenvalue weighted by Crippen LogP contribution is -2.50. The zero-order valence-corrected chi connectivity index (χ0v) is 14.8. The Kier molecular flexibility index (Phi) is 3.91. The average Bonchev–Trinajstić information content (AvgIpc) is 2.63. The molecule has 5 nitrogen and oxygen atoms in total. The number of carbonyl (C=O) groups excluding carboxylic acids is 2. The molecule has 0 amide bonds. The molecule has 0 saturated carbocycles. The van der Waals surface area contributed by atoms with Crippen molar-refractivity contribution in [2.24, 2.45) is 0 Å². The Morgan fingerprint density at radius 2 is 1.69 bits per heavy atom. The second kappa shape index (κ2) is 6.02. The first kappa shape index (κ1) is 16.9. The first-order chi connectivity index (χ1) is 12.4. The molecule has 0 aromatic heterocycles. The molecule has 26 heavy (non-hydrogen) atoms. The Balaban J connectivity index is 1.81. The first-order valence-electron chi connectivity index (χ1n) is 7.76. The molecule has 0 bridgehead atoms. The molecular formula is C19H12ClNO4S. The monoisotopic (exact) mass is 385 g/mol. The number of nitrogens with one attached hydrogen (secondary N) is 1. The Morgan fingerprint density at radius 3 is 2.46 bits per heavy atom. The van der Waals surface area contributed by atoms with Gasteiger partial charge in [-0.1, -0.05) is 54.1 Å². The third-order valence-electron chi connectivity index (χ3n) is 4.34. The number of sulfonamides is 1. The smallest absolute Gasteiger partial charge is 0.242 e. The summed E-state index contributed by atoms with van der Waals surface area (Å²) in [7, 11) is -4.02. The van der Waals surface area contributed by atoms with E-state index >= 15 is 0 Å². The molecule has 1 heterocycles. The molecular weight excluding hydrogens is 374 g/mol. The van der Waals surface area contributed by atoms with Crippen LogP contribution in [0.3, 0.4) is 0 Å². The van der Waals surface area contributed by atoms with Gasteiger partial charge in [-0.25, -0.2) is 8.42 Å². The number of ketones is 2. The molecule has 3 aromatic rings. The third-order valence-corrected chi connectivity index (χ3v) is 6.12. The van der Waals surface area contributed by atoms with Gasteiger partial charge >= 0.3 is 0 Å². The summed E-state index contributed by atoms with van der Waals surface area (Å²) in [5.74, 6) is -1.27. The molecule has 1 unspecified atom stereocenters. The topological polar surface area (TPSA) is 80.3 Å². The summed E-state index contributed by atoms with van der Waals surface area (Å²) >= 11 is 6.03. The Bertz CT molecular complexity index is 1190. The van der Waals surface area contributed by atoms with E-state index in [4.69, 9.17) is 11.6 Å². The van der Waals surface area contributed by atoms with Gasteiger partial charge in [0.05, 0.1) is 15.5 Å². The van der Waals surface area contributed by atoms with E-state index in [1.807, 2.05) is 24.3 Å². The van der Waals surface area contributed by atoms with Crippen LogP contribution in [-0.2, 0) is 10.0 Å². The molecule has 1 aliphatic heterocycles. The van der Waals surface area contributed by atoms with Gasteiger partial charge in [-0.2, -0.15) is 4.72 Å². The fourth-order valence-electron chi connectivity index (χ4n) is 3.07. The minimum Gasteiger partial charge on any atom is -0.292 e. The Morgan fingerprint density at radius 1 is 0.962 bits per heavy atom. The van der Waals surface area contributed by atoms with Crippen LogP contribution in [0, 0.1) is 0 Å². The summed E-state index contributed by atoms with van der Waals surface area (Å²) < 4.78 is 27.1. The number of hydrogen-bond donors (Lipinski definition) is 1. The molecule has 1 aliphatic rings.